The maximum atomic E-state index is 12.6. The Bertz CT molecular complexity index is 913. The summed E-state index contributed by atoms with van der Waals surface area (Å²) in [7, 11) is -3.60. The molecule has 2 heterocycles. The van der Waals surface area contributed by atoms with E-state index < -0.39 is 10.0 Å². The van der Waals surface area contributed by atoms with Crippen LogP contribution in [0.2, 0.25) is 0 Å². The predicted molar refractivity (Wildman–Crippen MR) is 89.8 cm³/mol. The summed E-state index contributed by atoms with van der Waals surface area (Å²) >= 11 is 1.52. The second kappa shape index (κ2) is 6.27. The van der Waals surface area contributed by atoms with Gasteiger partial charge in [0.15, 0.2) is 5.76 Å². The lowest BCUT2D eigenvalue weighted by atomic mass is 10.1. The van der Waals surface area contributed by atoms with Crippen molar-refractivity contribution >= 4 is 21.4 Å². The van der Waals surface area contributed by atoms with Gasteiger partial charge in [0.1, 0.15) is 0 Å². The van der Waals surface area contributed by atoms with Gasteiger partial charge >= 0.3 is 0 Å². The molecule has 0 amide bonds. The minimum Gasteiger partial charge on any atom is -0.356 e. The lowest BCUT2D eigenvalue weighted by Gasteiger charge is -2.10. The molecule has 3 aromatic rings. The zero-order valence-corrected chi connectivity index (χ0v) is 14.4. The number of sulfonamides is 1. The van der Waals surface area contributed by atoms with Crippen LogP contribution in [0, 0.1) is 13.8 Å². The zero-order valence-electron chi connectivity index (χ0n) is 12.7. The van der Waals surface area contributed by atoms with E-state index in [0.29, 0.717) is 16.9 Å². The highest BCUT2D eigenvalue weighted by molar-refractivity contribution is 7.89. The fraction of sp³-hybridized carbons (Fsp3) is 0.188. The van der Waals surface area contributed by atoms with Crippen LogP contribution in [0.25, 0.3) is 11.3 Å². The molecule has 3 rings (SSSR count). The molecular weight excluding hydrogens is 332 g/mol. The second-order valence-corrected chi connectivity index (χ2v) is 7.98. The van der Waals surface area contributed by atoms with Crippen molar-refractivity contribution < 1.29 is 12.9 Å². The van der Waals surface area contributed by atoms with Crippen LogP contribution in [-0.4, -0.2) is 13.6 Å². The summed E-state index contributed by atoms with van der Waals surface area (Å²) in [6.07, 6.45) is 0. The van der Waals surface area contributed by atoms with Gasteiger partial charge in [-0.05, 0) is 36.9 Å². The Hall–Kier alpha value is -1.96. The molecule has 0 aliphatic rings. The van der Waals surface area contributed by atoms with Crippen molar-refractivity contribution in [1.29, 1.82) is 0 Å². The van der Waals surface area contributed by atoms with E-state index in [2.05, 4.69) is 9.88 Å². The van der Waals surface area contributed by atoms with E-state index in [0.717, 1.165) is 10.6 Å². The first-order valence-electron chi connectivity index (χ1n) is 7.02. The van der Waals surface area contributed by atoms with Crippen LogP contribution in [0.4, 0.5) is 0 Å². The Morgan fingerprint density at radius 3 is 2.70 bits per heavy atom. The Morgan fingerprint density at radius 1 is 1.22 bits per heavy atom. The molecule has 5 nitrogen and oxygen atoms in total. The molecule has 0 bridgehead atoms. The molecule has 0 aliphatic carbocycles. The number of aryl methyl sites for hydroxylation is 2. The average Bonchev–Trinajstić information content (AvgIpc) is 3.17. The van der Waals surface area contributed by atoms with Crippen molar-refractivity contribution in [2.24, 2.45) is 0 Å². The Morgan fingerprint density at radius 2 is 2.04 bits per heavy atom. The number of benzene rings is 1. The van der Waals surface area contributed by atoms with Crippen LogP contribution in [0.15, 0.2) is 51.2 Å². The van der Waals surface area contributed by atoms with Gasteiger partial charge in [-0.3, -0.25) is 0 Å². The lowest BCUT2D eigenvalue weighted by Crippen LogP contribution is -2.23. The quantitative estimate of drug-likeness (QED) is 0.766. The Labute approximate surface area is 139 Å². The van der Waals surface area contributed by atoms with E-state index in [9.17, 15) is 8.42 Å². The van der Waals surface area contributed by atoms with Crippen molar-refractivity contribution in [3.05, 3.63) is 57.9 Å². The van der Waals surface area contributed by atoms with Crippen molar-refractivity contribution in [1.82, 2.24) is 9.88 Å². The van der Waals surface area contributed by atoms with Gasteiger partial charge in [0.2, 0.25) is 10.0 Å². The fourth-order valence-corrected chi connectivity index (χ4v) is 4.21. The predicted octanol–water partition coefficient (Wildman–Crippen LogP) is 3.50. The molecule has 120 valence electrons. The first-order chi connectivity index (χ1) is 11.0. The monoisotopic (exact) mass is 348 g/mol. The fourth-order valence-electron chi connectivity index (χ4n) is 2.20. The summed E-state index contributed by atoms with van der Waals surface area (Å²) in [5.74, 6) is 0.553. The molecule has 23 heavy (non-hydrogen) atoms. The van der Waals surface area contributed by atoms with Crippen molar-refractivity contribution in [2.75, 3.05) is 0 Å². The summed E-state index contributed by atoms with van der Waals surface area (Å²) in [6, 6.07) is 10.8. The van der Waals surface area contributed by atoms with Crippen LogP contribution in [0.1, 0.15) is 16.1 Å². The normalized spacial score (nSPS) is 11.7. The molecule has 0 saturated carbocycles. The summed E-state index contributed by atoms with van der Waals surface area (Å²) in [5.41, 5.74) is 2.12. The summed E-state index contributed by atoms with van der Waals surface area (Å²) < 4.78 is 33.0. The zero-order chi connectivity index (χ0) is 16.4. The van der Waals surface area contributed by atoms with Crippen molar-refractivity contribution in [3.8, 4) is 11.3 Å². The molecule has 0 fully saturated rings. The van der Waals surface area contributed by atoms with Gasteiger partial charge in [0.25, 0.3) is 0 Å². The van der Waals surface area contributed by atoms with E-state index in [1.54, 1.807) is 25.1 Å². The molecule has 0 spiro atoms. The third-order valence-corrected chi connectivity index (χ3v) is 5.83. The van der Waals surface area contributed by atoms with E-state index in [1.807, 2.05) is 30.5 Å². The van der Waals surface area contributed by atoms with Gasteiger partial charge in [-0.1, -0.05) is 23.4 Å². The van der Waals surface area contributed by atoms with Crippen molar-refractivity contribution in [3.63, 3.8) is 0 Å². The Balaban J connectivity index is 1.91. The third-order valence-electron chi connectivity index (χ3n) is 3.41. The largest absolute Gasteiger partial charge is 0.356 e. The van der Waals surface area contributed by atoms with Gasteiger partial charge in [0.05, 0.1) is 10.6 Å². The molecule has 0 unspecified atom stereocenters. The number of nitrogens with zero attached hydrogens (tertiary/aromatic N) is 1. The van der Waals surface area contributed by atoms with Crippen molar-refractivity contribution in [2.45, 2.75) is 25.3 Å². The highest BCUT2D eigenvalue weighted by Crippen LogP contribution is 2.26. The standard InChI is InChI=1S/C16H16N2O3S2/c1-11-5-6-13(15-8-12(2)18-21-15)9-16(11)23(19,20)17-10-14-4-3-7-22-14/h3-9,17H,10H2,1-2H3. The van der Waals surface area contributed by atoms with E-state index in [4.69, 9.17) is 4.52 Å². The highest BCUT2D eigenvalue weighted by atomic mass is 32.2. The smallest absolute Gasteiger partial charge is 0.241 e. The number of aromatic nitrogens is 1. The van der Waals surface area contributed by atoms with Gasteiger partial charge in [-0.2, -0.15) is 0 Å². The SMILES string of the molecule is Cc1cc(-c2ccc(C)c(S(=O)(=O)NCc3cccs3)c2)on1. The Kier molecular flexibility index (Phi) is 4.34. The number of hydrogen-bond acceptors (Lipinski definition) is 5. The number of nitrogens with one attached hydrogen (secondary N) is 1. The molecule has 0 atom stereocenters. The number of thiophene rings is 1. The molecule has 7 heteroatoms. The van der Waals surface area contributed by atoms with Gasteiger partial charge < -0.3 is 4.52 Å². The molecule has 1 aromatic carbocycles. The van der Waals surface area contributed by atoms with E-state index >= 15 is 0 Å². The maximum absolute atomic E-state index is 12.6. The molecular formula is C16H16N2O3S2. The van der Waals surface area contributed by atoms with Crippen LogP contribution in [-0.2, 0) is 16.6 Å². The summed E-state index contributed by atoms with van der Waals surface area (Å²) in [4.78, 5) is 1.22. The van der Waals surface area contributed by atoms with Gasteiger partial charge in [0, 0.05) is 23.1 Å². The molecule has 1 N–H and O–H groups in total. The lowest BCUT2D eigenvalue weighted by molar-refractivity contribution is 0.427. The van der Waals surface area contributed by atoms with Crippen LogP contribution >= 0.6 is 11.3 Å². The topological polar surface area (TPSA) is 72.2 Å². The number of hydrogen-bond donors (Lipinski definition) is 1. The highest BCUT2D eigenvalue weighted by Gasteiger charge is 2.18. The van der Waals surface area contributed by atoms with Crippen LogP contribution in [0.5, 0.6) is 0 Å². The first kappa shape index (κ1) is 15.9. The van der Waals surface area contributed by atoms with Gasteiger partial charge in [-0.25, -0.2) is 13.1 Å². The average molecular weight is 348 g/mol. The van der Waals surface area contributed by atoms with E-state index in [1.165, 1.54) is 11.3 Å². The number of rotatable bonds is 5. The second-order valence-electron chi connectivity index (χ2n) is 5.22. The van der Waals surface area contributed by atoms with Gasteiger partial charge in [-0.15, -0.1) is 11.3 Å². The summed E-state index contributed by atoms with van der Waals surface area (Å²) in [6.45, 7) is 3.88. The van der Waals surface area contributed by atoms with E-state index in [-0.39, 0.29) is 11.4 Å². The minimum absolute atomic E-state index is 0.251. The molecule has 0 saturated heterocycles. The van der Waals surface area contributed by atoms with Crippen LogP contribution < -0.4 is 4.72 Å². The third kappa shape index (κ3) is 3.52. The molecule has 2 aromatic heterocycles. The maximum Gasteiger partial charge on any atom is 0.241 e. The first-order valence-corrected chi connectivity index (χ1v) is 9.38. The minimum atomic E-state index is -3.60. The van der Waals surface area contributed by atoms with Crippen LogP contribution in [0.3, 0.4) is 0 Å². The molecule has 0 radical (unpaired) electrons. The summed E-state index contributed by atoms with van der Waals surface area (Å²) in [5, 5.41) is 5.76. The molecule has 0 aliphatic heterocycles.